The molecule has 0 spiro atoms. The Kier molecular flexibility index (Phi) is 3.07. The molecule has 0 saturated carbocycles. The third-order valence-corrected chi connectivity index (χ3v) is 3.60. The second kappa shape index (κ2) is 5.22. The smallest absolute Gasteiger partial charge is 0.220 e. The van der Waals surface area contributed by atoms with Crippen molar-refractivity contribution < 1.29 is 9.13 Å². The lowest BCUT2D eigenvalue weighted by molar-refractivity contribution is 0.231. The van der Waals surface area contributed by atoms with Crippen molar-refractivity contribution in [1.82, 2.24) is 19.7 Å². The van der Waals surface area contributed by atoms with Crippen molar-refractivity contribution in [2.45, 2.75) is 13.0 Å². The summed E-state index contributed by atoms with van der Waals surface area (Å²) in [7, 11) is 0. The third-order valence-electron chi connectivity index (χ3n) is 3.60. The molecule has 0 N–H and O–H groups in total. The fourth-order valence-corrected chi connectivity index (χ4v) is 2.60. The van der Waals surface area contributed by atoms with Gasteiger partial charge in [-0.25, -0.2) is 9.07 Å². The number of aromatic nitrogens is 4. The minimum absolute atomic E-state index is 0.366. The molecule has 22 heavy (non-hydrogen) atoms. The Balaban J connectivity index is 1.94. The van der Waals surface area contributed by atoms with Gasteiger partial charge >= 0.3 is 0 Å². The van der Waals surface area contributed by atoms with Gasteiger partial charge in [-0.05, 0) is 29.8 Å². The van der Waals surface area contributed by atoms with E-state index in [1.165, 1.54) is 12.3 Å². The molecule has 0 saturated heterocycles. The van der Waals surface area contributed by atoms with E-state index in [4.69, 9.17) is 4.74 Å². The van der Waals surface area contributed by atoms with Gasteiger partial charge < -0.3 is 4.74 Å². The Morgan fingerprint density at radius 1 is 1.14 bits per heavy atom. The summed E-state index contributed by atoms with van der Waals surface area (Å²) in [4.78, 5) is 8.20. The summed E-state index contributed by atoms with van der Waals surface area (Å²) in [6, 6.07) is 6.83. The van der Waals surface area contributed by atoms with E-state index in [0.29, 0.717) is 18.0 Å². The van der Waals surface area contributed by atoms with E-state index in [1.54, 1.807) is 18.5 Å². The normalized spacial score (nSPS) is 13.5. The minimum Gasteiger partial charge on any atom is -0.477 e. The van der Waals surface area contributed by atoms with Crippen molar-refractivity contribution in [2.75, 3.05) is 6.61 Å². The molecule has 3 aromatic rings. The minimum atomic E-state index is -0.366. The molecule has 5 nitrogen and oxygen atoms in total. The Hall–Kier alpha value is -2.76. The highest BCUT2D eigenvalue weighted by atomic mass is 19.1. The molecule has 0 aliphatic carbocycles. The SMILES string of the molecule is Fc1ccc(-c2nn3c(c2-c2ccncc2)OCCC3)nc1. The first kappa shape index (κ1) is 12.9. The van der Waals surface area contributed by atoms with Gasteiger partial charge in [0.25, 0.3) is 0 Å². The molecular formula is C16H13FN4O. The van der Waals surface area contributed by atoms with Gasteiger partial charge in [0.2, 0.25) is 5.88 Å². The van der Waals surface area contributed by atoms with E-state index in [9.17, 15) is 4.39 Å². The molecule has 0 amide bonds. The van der Waals surface area contributed by atoms with Crippen molar-refractivity contribution in [1.29, 1.82) is 0 Å². The van der Waals surface area contributed by atoms with Gasteiger partial charge in [-0.3, -0.25) is 9.97 Å². The Bertz CT molecular complexity index is 799. The summed E-state index contributed by atoms with van der Waals surface area (Å²) in [5, 5.41) is 4.61. The number of aryl methyl sites for hydroxylation is 1. The molecule has 6 heteroatoms. The fraction of sp³-hybridized carbons (Fsp3) is 0.188. The first-order valence-corrected chi connectivity index (χ1v) is 7.09. The van der Waals surface area contributed by atoms with Crippen LogP contribution >= 0.6 is 0 Å². The quantitative estimate of drug-likeness (QED) is 0.729. The standard InChI is InChI=1S/C16H13FN4O/c17-12-2-3-13(19-10-12)15-14(11-4-6-18-7-5-11)16-21(20-15)8-1-9-22-16/h2-7,10H,1,8-9H2. The van der Waals surface area contributed by atoms with Gasteiger partial charge in [0.05, 0.1) is 24.1 Å². The highest BCUT2D eigenvalue weighted by Gasteiger charge is 2.24. The number of pyridine rings is 2. The van der Waals surface area contributed by atoms with Crippen molar-refractivity contribution in [3.8, 4) is 28.4 Å². The Morgan fingerprint density at radius 2 is 2.00 bits per heavy atom. The predicted octanol–water partition coefficient (Wildman–Crippen LogP) is 2.93. The van der Waals surface area contributed by atoms with E-state index in [2.05, 4.69) is 15.1 Å². The van der Waals surface area contributed by atoms with E-state index < -0.39 is 0 Å². The monoisotopic (exact) mass is 296 g/mol. The molecule has 1 aliphatic heterocycles. The molecule has 1 aliphatic rings. The van der Waals surface area contributed by atoms with Crippen molar-refractivity contribution in [3.05, 3.63) is 48.7 Å². The molecule has 0 unspecified atom stereocenters. The summed E-state index contributed by atoms with van der Waals surface area (Å²) < 4.78 is 20.8. The van der Waals surface area contributed by atoms with Crippen LogP contribution < -0.4 is 4.74 Å². The van der Waals surface area contributed by atoms with Crippen LogP contribution in [0, 0.1) is 5.82 Å². The molecule has 4 rings (SSSR count). The van der Waals surface area contributed by atoms with Crippen LogP contribution in [0.1, 0.15) is 6.42 Å². The number of nitrogens with zero attached hydrogens (tertiary/aromatic N) is 4. The molecule has 0 atom stereocenters. The average molecular weight is 296 g/mol. The van der Waals surface area contributed by atoms with E-state index >= 15 is 0 Å². The van der Waals surface area contributed by atoms with Crippen LogP contribution in [0.25, 0.3) is 22.5 Å². The molecule has 0 bridgehead atoms. The second-order valence-corrected chi connectivity index (χ2v) is 5.05. The lowest BCUT2D eigenvalue weighted by atomic mass is 10.1. The zero-order valence-corrected chi connectivity index (χ0v) is 11.7. The number of ether oxygens (including phenoxy) is 1. The largest absolute Gasteiger partial charge is 0.477 e. The topological polar surface area (TPSA) is 52.8 Å². The maximum absolute atomic E-state index is 13.1. The molecule has 0 fully saturated rings. The zero-order chi connectivity index (χ0) is 14.9. The highest BCUT2D eigenvalue weighted by Crippen LogP contribution is 2.39. The van der Waals surface area contributed by atoms with E-state index in [-0.39, 0.29) is 5.82 Å². The molecule has 0 radical (unpaired) electrons. The average Bonchev–Trinajstić information content (AvgIpc) is 2.96. The van der Waals surface area contributed by atoms with Gasteiger partial charge in [0.1, 0.15) is 11.5 Å². The molecule has 0 aromatic carbocycles. The Morgan fingerprint density at radius 3 is 2.77 bits per heavy atom. The Labute approximate surface area is 126 Å². The van der Waals surface area contributed by atoms with Crippen LogP contribution in [0.15, 0.2) is 42.9 Å². The van der Waals surface area contributed by atoms with Gasteiger partial charge in [0, 0.05) is 25.4 Å². The van der Waals surface area contributed by atoms with E-state index in [1.807, 2.05) is 16.8 Å². The molecular weight excluding hydrogens is 283 g/mol. The summed E-state index contributed by atoms with van der Waals surface area (Å²) in [6.45, 7) is 1.47. The first-order valence-electron chi connectivity index (χ1n) is 7.09. The van der Waals surface area contributed by atoms with Gasteiger partial charge in [-0.15, -0.1) is 0 Å². The lowest BCUT2D eigenvalue weighted by Crippen LogP contribution is -2.14. The fourth-order valence-electron chi connectivity index (χ4n) is 2.60. The van der Waals surface area contributed by atoms with Gasteiger partial charge in [-0.1, -0.05) is 0 Å². The molecule has 110 valence electrons. The van der Waals surface area contributed by atoms with Crippen LogP contribution in [0.4, 0.5) is 4.39 Å². The van der Waals surface area contributed by atoms with Gasteiger partial charge in [-0.2, -0.15) is 5.10 Å². The second-order valence-electron chi connectivity index (χ2n) is 5.05. The highest BCUT2D eigenvalue weighted by molar-refractivity contribution is 5.83. The summed E-state index contributed by atoms with van der Waals surface area (Å²) >= 11 is 0. The first-order chi connectivity index (χ1) is 10.8. The number of rotatable bonds is 2. The van der Waals surface area contributed by atoms with Crippen LogP contribution in [0.5, 0.6) is 5.88 Å². The number of hydrogen-bond donors (Lipinski definition) is 0. The predicted molar refractivity (Wildman–Crippen MR) is 78.8 cm³/mol. The maximum atomic E-state index is 13.1. The molecule has 3 aromatic heterocycles. The lowest BCUT2D eigenvalue weighted by Gasteiger charge is -2.16. The zero-order valence-electron chi connectivity index (χ0n) is 11.7. The summed E-state index contributed by atoms with van der Waals surface area (Å²) in [5.74, 6) is 0.369. The van der Waals surface area contributed by atoms with E-state index in [0.717, 1.165) is 30.0 Å². The van der Waals surface area contributed by atoms with Crippen LogP contribution in [-0.4, -0.2) is 26.4 Å². The van der Waals surface area contributed by atoms with Crippen molar-refractivity contribution in [2.24, 2.45) is 0 Å². The number of hydrogen-bond acceptors (Lipinski definition) is 4. The maximum Gasteiger partial charge on any atom is 0.220 e. The van der Waals surface area contributed by atoms with Crippen LogP contribution in [-0.2, 0) is 6.54 Å². The molecule has 4 heterocycles. The summed E-state index contributed by atoms with van der Waals surface area (Å²) in [6.07, 6.45) is 5.57. The van der Waals surface area contributed by atoms with Gasteiger partial charge in [0.15, 0.2) is 0 Å². The third kappa shape index (κ3) is 2.13. The summed E-state index contributed by atoms with van der Waals surface area (Å²) in [5.41, 5.74) is 3.15. The van der Waals surface area contributed by atoms with Crippen molar-refractivity contribution >= 4 is 0 Å². The van der Waals surface area contributed by atoms with Crippen molar-refractivity contribution in [3.63, 3.8) is 0 Å². The van der Waals surface area contributed by atoms with Crippen LogP contribution in [0.3, 0.4) is 0 Å². The number of halogens is 1. The number of fused-ring (bicyclic) bond motifs is 1. The van der Waals surface area contributed by atoms with Crippen LogP contribution in [0.2, 0.25) is 0 Å².